The Morgan fingerprint density at radius 2 is 0.878 bits per heavy atom. The average molecular weight is 545 g/mol. The van der Waals surface area contributed by atoms with Crippen LogP contribution in [0, 0.1) is 0 Å². The fourth-order valence-electron chi connectivity index (χ4n) is 4.21. The molecule has 0 amide bonds. The smallest absolute Gasteiger partial charge is 0.163 e. The van der Waals surface area contributed by atoms with Crippen molar-refractivity contribution >= 4 is 0 Å². The number of nitrogens with zero attached hydrogens (tertiary/aromatic N) is 2. The summed E-state index contributed by atoms with van der Waals surface area (Å²) in [5, 5.41) is 8.35. The van der Waals surface area contributed by atoms with E-state index in [1.807, 2.05) is 121 Å². The molecule has 6 aromatic rings. The molecule has 0 aliphatic carbocycles. The highest BCUT2D eigenvalue weighted by Crippen LogP contribution is 2.25. The van der Waals surface area contributed by atoms with Gasteiger partial charge in [-0.2, -0.15) is 0 Å². The molecule has 2 heterocycles. The van der Waals surface area contributed by atoms with E-state index in [1.54, 1.807) is 0 Å². The highest BCUT2D eigenvalue weighted by molar-refractivity contribution is 5.60. The molecule has 0 aliphatic rings. The Bertz CT molecular complexity index is 1520. The van der Waals surface area contributed by atoms with Crippen molar-refractivity contribution in [2.45, 2.75) is 26.4 Å². The number of ether oxygens (including phenoxy) is 3. The van der Waals surface area contributed by atoms with Crippen LogP contribution < -0.4 is 9.47 Å². The van der Waals surface area contributed by atoms with Crippen LogP contribution in [0.1, 0.15) is 22.6 Å². The van der Waals surface area contributed by atoms with E-state index >= 15 is 0 Å². The Balaban J connectivity index is 0.965. The largest absolute Gasteiger partial charge is 0.489 e. The molecular weight excluding hydrogens is 516 g/mol. The first-order valence-electron chi connectivity index (χ1n) is 13.3. The lowest BCUT2D eigenvalue weighted by Crippen LogP contribution is -1.94. The normalized spacial score (nSPS) is 10.9. The van der Waals surface area contributed by atoms with Crippen molar-refractivity contribution < 1.29 is 23.3 Å². The SMILES string of the molecule is c1ccc(COc2ccc(-c3cc(COCc4cc(-c5ccc(OCc6ccccc6)cc5)no4)on3)cc2)cc1. The zero-order chi connectivity index (χ0) is 27.7. The van der Waals surface area contributed by atoms with Crippen LogP contribution in [0.5, 0.6) is 11.5 Å². The quantitative estimate of drug-likeness (QED) is 0.155. The minimum Gasteiger partial charge on any atom is -0.489 e. The van der Waals surface area contributed by atoms with Crippen LogP contribution >= 0.6 is 0 Å². The van der Waals surface area contributed by atoms with Gasteiger partial charge in [0.15, 0.2) is 11.5 Å². The van der Waals surface area contributed by atoms with Gasteiger partial charge in [-0.3, -0.25) is 0 Å². The van der Waals surface area contributed by atoms with Crippen molar-refractivity contribution in [2.24, 2.45) is 0 Å². The minimum atomic E-state index is 0.259. The molecule has 41 heavy (non-hydrogen) atoms. The van der Waals surface area contributed by atoms with Gasteiger partial charge in [0.25, 0.3) is 0 Å². The van der Waals surface area contributed by atoms with Crippen LogP contribution in [-0.2, 0) is 31.2 Å². The van der Waals surface area contributed by atoms with Crippen LogP contribution in [0.4, 0.5) is 0 Å². The number of aromatic nitrogens is 2. The van der Waals surface area contributed by atoms with Crippen LogP contribution in [0.3, 0.4) is 0 Å². The van der Waals surface area contributed by atoms with E-state index in [0.29, 0.717) is 24.7 Å². The average Bonchev–Trinajstić information content (AvgIpc) is 3.71. The van der Waals surface area contributed by atoms with Gasteiger partial charge >= 0.3 is 0 Å². The van der Waals surface area contributed by atoms with E-state index in [-0.39, 0.29) is 13.2 Å². The number of benzene rings is 4. The molecule has 0 unspecified atom stereocenters. The third-order valence-corrected chi connectivity index (χ3v) is 6.40. The maximum atomic E-state index is 5.86. The Morgan fingerprint density at radius 1 is 0.463 bits per heavy atom. The lowest BCUT2D eigenvalue weighted by Gasteiger charge is -2.06. The van der Waals surface area contributed by atoms with Gasteiger partial charge < -0.3 is 23.3 Å². The molecule has 0 bridgehead atoms. The first kappa shape index (κ1) is 26.1. The zero-order valence-corrected chi connectivity index (χ0v) is 22.3. The second-order valence-electron chi connectivity index (χ2n) is 9.45. The highest BCUT2D eigenvalue weighted by atomic mass is 16.5. The van der Waals surface area contributed by atoms with E-state index in [2.05, 4.69) is 10.3 Å². The van der Waals surface area contributed by atoms with Gasteiger partial charge in [-0.1, -0.05) is 71.0 Å². The van der Waals surface area contributed by atoms with Crippen LogP contribution in [0.25, 0.3) is 22.5 Å². The summed E-state index contributed by atoms with van der Waals surface area (Å²) in [6.45, 7) is 1.56. The summed E-state index contributed by atoms with van der Waals surface area (Å²) in [5.41, 5.74) is 5.58. The van der Waals surface area contributed by atoms with Crippen molar-refractivity contribution in [3.63, 3.8) is 0 Å². The predicted molar refractivity (Wildman–Crippen MR) is 154 cm³/mol. The molecule has 0 radical (unpaired) electrons. The van der Waals surface area contributed by atoms with Gasteiger partial charge in [-0.25, -0.2) is 0 Å². The van der Waals surface area contributed by atoms with Gasteiger partial charge in [0.2, 0.25) is 0 Å². The van der Waals surface area contributed by atoms with Crippen LogP contribution in [-0.4, -0.2) is 10.3 Å². The zero-order valence-electron chi connectivity index (χ0n) is 22.3. The monoisotopic (exact) mass is 544 g/mol. The summed E-state index contributed by atoms with van der Waals surface area (Å²) in [4.78, 5) is 0. The first-order valence-corrected chi connectivity index (χ1v) is 13.3. The Hall–Kier alpha value is -5.14. The molecule has 0 saturated heterocycles. The molecule has 204 valence electrons. The van der Waals surface area contributed by atoms with E-state index < -0.39 is 0 Å². The summed E-state index contributed by atoms with van der Waals surface area (Å²) in [6, 6.07) is 39.4. The molecular formula is C34H28N2O5. The molecule has 7 heteroatoms. The standard InChI is InChI=1S/C34H28N2O5/c1-3-7-25(8-4-1)21-38-29-15-11-27(12-16-29)33-19-31(40-35-33)23-37-24-32-20-34(36-41-32)28-13-17-30(18-14-28)39-22-26-9-5-2-6-10-26/h1-20H,21-24H2. The molecule has 0 spiro atoms. The molecule has 4 aromatic carbocycles. The van der Waals surface area contributed by atoms with E-state index in [0.717, 1.165) is 45.1 Å². The van der Waals surface area contributed by atoms with Gasteiger partial charge in [-0.05, 0) is 59.7 Å². The summed E-state index contributed by atoms with van der Waals surface area (Å²) < 4.78 is 28.4. The predicted octanol–water partition coefficient (Wildman–Crippen LogP) is 7.87. The summed E-state index contributed by atoms with van der Waals surface area (Å²) in [6.07, 6.45) is 0. The first-order chi connectivity index (χ1) is 20.3. The van der Waals surface area contributed by atoms with Gasteiger partial charge in [0.05, 0.1) is 0 Å². The van der Waals surface area contributed by atoms with Crippen molar-refractivity contribution in [3.05, 3.63) is 144 Å². The molecule has 0 N–H and O–H groups in total. The Morgan fingerprint density at radius 3 is 1.29 bits per heavy atom. The van der Waals surface area contributed by atoms with Gasteiger partial charge in [0.1, 0.15) is 49.3 Å². The summed E-state index contributed by atoms with van der Waals surface area (Å²) >= 11 is 0. The molecule has 0 fully saturated rings. The fraction of sp³-hybridized carbons (Fsp3) is 0.118. The summed E-state index contributed by atoms with van der Waals surface area (Å²) in [7, 11) is 0. The molecule has 7 nitrogen and oxygen atoms in total. The van der Waals surface area contributed by atoms with Crippen molar-refractivity contribution in [1.82, 2.24) is 10.3 Å². The van der Waals surface area contributed by atoms with Gasteiger partial charge in [0, 0.05) is 23.3 Å². The summed E-state index contributed by atoms with van der Waals surface area (Å²) in [5.74, 6) is 2.83. The number of hydrogen-bond donors (Lipinski definition) is 0. The van der Waals surface area contributed by atoms with Crippen molar-refractivity contribution in [3.8, 4) is 34.0 Å². The minimum absolute atomic E-state index is 0.259. The van der Waals surface area contributed by atoms with E-state index in [9.17, 15) is 0 Å². The molecule has 0 atom stereocenters. The number of rotatable bonds is 12. The topological polar surface area (TPSA) is 79.8 Å². The molecule has 0 aliphatic heterocycles. The lowest BCUT2D eigenvalue weighted by atomic mass is 10.1. The second kappa shape index (κ2) is 12.8. The second-order valence-corrected chi connectivity index (χ2v) is 9.45. The Kier molecular flexibility index (Phi) is 8.15. The van der Waals surface area contributed by atoms with E-state index in [1.165, 1.54) is 0 Å². The van der Waals surface area contributed by atoms with Crippen molar-refractivity contribution in [1.29, 1.82) is 0 Å². The number of hydrogen-bond acceptors (Lipinski definition) is 7. The lowest BCUT2D eigenvalue weighted by molar-refractivity contribution is 0.0727. The highest BCUT2D eigenvalue weighted by Gasteiger charge is 2.10. The molecule has 6 rings (SSSR count). The van der Waals surface area contributed by atoms with Gasteiger partial charge in [-0.15, -0.1) is 0 Å². The maximum Gasteiger partial charge on any atom is 0.163 e. The third kappa shape index (κ3) is 7.09. The maximum absolute atomic E-state index is 5.86. The molecule has 0 saturated carbocycles. The van der Waals surface area contributed by atoms with Crippen molar-refractivity contribution in [2.75, 3.05) is 0 Å². The van der Waals surface area contributed by atoms with Crippen LogP contribution in [0.2, 0.25) is 0 Å². The third-order valence-electron chi connectivity index (χ3n) is 6.40. The fourth-order valence-corrected chi connectivity index (χ4v) is 4.21. The van der Waals surface area contributed by atoms with E-state index in [4.69, 9.17) is 23.3 Å². The molecule has 2 aromatic heterocycles. The Labute approximate surface area is 237 Å². The van der Waals surface area contributed by atoms with Crippen LogP contribution in [0.15, 0.2) is 130 Å².